The normalized spacial score (nSPS) is 11.3. The lowest BCUT2D eigenvalue weighted by atomic mass is 9.95. The summed E-state index contributed by atoms with van der Waals surface area (Å²) in [6.07, 6.45) is 0.682. The van der Waals surface area contributed by atoms with E-state index in [9.17, 15) is 14.7 Å². The number of hydrogen-bond donors (Lipinski definition) is 2. The van der Waals surface area contributed by atoms with Crippen LogP contribution in [0.2, 0.25) is 0 Å². The molecule has 0 heterocycles. The number of hydrogen-bond acceptors (Lipinski definition) is 5. The number of aliphatic hydroxyl groups excluding tert-OH is 1. The van der Waals surface area contributed by atoms with E-state index in [0.717, 1.165) is 11.1 Å². The molecule has 3 rings (SSSR count). The Hall–Kier alpha value is -4.06. The summed E-state index contributed by atoms with van der Waals surface area (Å²) in [5.74, 6) is -2.48. The van der Waals surface area contributed by atoms with Gasteiger partial charge in [0.1, 0.15) is 24.7 Å². The largest absolute Gasteiger partial charge is 0.502 e. The van der Waals surface area contributed by atoms with Crippen molar-refractivity contribution in [3.63, 3.8) is 0 Å². The Bertz CT molecular complexity index is 1130. The lowest BCUT2D eigenvalue weighted by molar-refractivity contribution is -0.135. The molecule has 0 saturated carbocycles. The number of carboxylic acid groups (broad SMARTS) is 1. The van der Waals surface area contributed by atoms with Crippen LogP contribution in [0.1, 0.15) is 46.8 Å². The molecule has 0 aliphatic carbocycles. The molecular weight excluding hydrogens is 420 g/mol. The number of aliphatic carboxylic acids is 1. The van der Waals surface area contributed by atoms with E-state index in [2.05, 4.69) is 0 Å². The molecule has 6 heteroatoms. The van der Waals surface area contributed by atoms with E-state index in [0.29, 0.717) is 29.7 Å². The summed E-state index contributed by atoms with van der Waals surface area (Å²) in [4.78, 5) is 23.8. The molecule has 0 fully saturated rings. The summed E-state index contributed by atoms with van der Waals surface area (Å²) in [6.45, 7) is 4.46. The maximum Gasteiger partial charge on any atom is 0.371 e. The predicted molar refractivity (Wildman–Crippen MR) is 125 cm³/mol. The first kappa shape index (κ1) is 23.6. The average molecular weight is 446 g/mol. The van der Waals surface area contributed by atoms with Crippen LogP contribution in [0.15, 0.2) is 84.6 Å². The highest BCUT2D eigenvalue weighted by Gasteiger charge is 2.23. The third-order valence-corrected chi connectivity index (χ3v) is 4.95. The van der Waals surface area contributed by atoms with Crippen molar-refractivity contribution in [2.24, 2.45) is 0 Å². The van der Waals surface area contributed by atoms with Crippen molar-refractivity contribution in [3.05, 3.63) is 107 Å². The number of carbonyl (C=O) groups is 2. The predicted octanol–water partition coefficient (Wildman–Crippen LogP) is 5.68. The van der Waals surface area contributed by atoms with Gasteiger partial charge in [0.2, 0.25) is 5.76 Å². The van der Waals surface area contributed by atoms with Crippen molar-refractivity contribution in [1.29, 1.82) is 0 Å². The quantitative estimate of drug-likeness (QED) is 0.237. The van der Waals surface area contributed by atoms with Gasteiger partial charge in [-0.2, -0.15) is 0 Å². The molecule has 0 aliphatic rings. The molecule has 0 bridgehead atoms. The zero-order chi connectivity index (χ0) is 23.8. The molecule has 0 unspecified atom stereocenters. The third-order valence-electron chi connectivity index (χ3n) is 4.95. The Balaban J connectivity index is 2.02. The summed E-state index contributed by atoms with van der Waals surface area (Å²) in [5.41, 5.74) is 2.74. The second kappa shape index (κ2) is 11.0. The van der Waals surface area contributed by atoms with Gasteiger partial charge in [-0.15, -0.1) is 0 Å². The van der Waals surface area contributed by atoms with Gasteiger partial charge in [0.05, 0.1) is 5.56 Å². The molecule has 2 N–H and O–H groups in total. The average Bonchev–Trinajstić information content (AvgIpc) is 2.82. The standard InChI is InChI=1S/C27H26O6/c1-18(2)25-24(32-16-19-9-5-3-6-10-19)14-13-21(22(28)15-23(29)27(30)31)26(25)33-17-20-11-7-4-8-12-20/h3-15,18,29H,16-17H2,1-2H3,(H,30,31)/b23-15-. The van der Waals surface area contributed by atoms with Crippen LogP contribution in [-0.4, -0.2) is 22.0 Å². The smallest absolute Gasteiger partial charge is 0.371 e. The van der Waals surface area contributed by atoms with Gasteiger partial charge in [0.15, 0.2) is 5.78 Å². The van der Waals surface area contributed by atoms with Gasteiger partial charge >= 0.3 is 5.97 Å². The molecule has 6 nitrogen and oxygen atoms in total. The highest BCUT2D eigenvalue weighted by Crippen LogP contribution is 2.39. The number of benzene rings is 3. The van der Waals surface area contributed by atoms with E-state index in [1.165, 1.54) is 6.07 Å². The molecule has 3 aromatic carbocycles. The molecule has 3 aromatic rings. The number of carbonyl (C=O) groups excluding carboxylic acids is 1. The van der Waals surface area contributed by atoms with Gasteiger partial charge < -0.3 is 19.7 Å². The Morgan fingerprint density at radius 3 is 1.88 bits per heavy atom. The van der Waals surface area contributed by atoms with Crippen molar-refractivity contribution < 1.29 is 29.3 Å². The van der Waals surface area contributed by atoms with E-state index < -0.39 is 17.5 Å². The van der Waals surface area contributed by atoms with E-state index >= 15 is 0 Å². The van der Waals surface area contributed by atoms with Crippen molar-refractivity contribution in [1.82, 2.24) is 0 Å². The lowest BCUT2D eigenvalue weighted by Gasteiger charge is -2.21. The van der Waals surface area contributed by atoms with E-state index in [-0.39, 0.29) is 18.1 Å². The van der Waals surface area contributed by atoms with Crippen LogP contribution in [0.3, 0.4) is 0 Å². The van der Waals surface area contributed by atoms with Crippen LogP contribution in [0.5, 0.6) is 11.5 Å². The fraction of sp³-hybridized carbons (Fsp3) is 0.185. The fourth-order valence-electron chi connectivity index (χ4n) is 3.33. The van der Waals surface area contributed by atoms with Gasteiger partial charge in [-0.3, -0.25) is 4.79 Å². The summed E-state index contributed by atoms with van der Waals surface area (Å²) >= 11 is 0. The first-order chi connectivity index (χ1) is 15.9. The van der Waals surface area contributed by atoms with E-state index in [1.54, 1.807) is 6.07 Å². The minimum atomic E-state index is -1.58. The van der Waals surface area contributed by atoms with Crippen molar-refractivity contribution in [3.8, 4) is 11.5 Å². The lowest BCUT2D eigenvalue weighted by Crippen LogP contribution is -2.10. The minimum Gasteiger partial charge on any atom is -0.502 e. The van der Waals surface area contributed by atoms with Gasteiger partial charge in [-0.05, 0) is 29.2 Å². The molecular formula is C27H26O6. The highest BCUT2D eigenvalue weighted by molar-refractivity contribution is 6.09. The first-order valence-corrected chi connectivity index (χ1v) is 10.6. The number of aliphatic hydroxyl groups is 1. The Kier molecular flexibility index (Phi) is 7.86. The van der Waals surface area contributed by atoms with E-state index in [1.807, 2.05) is 74.5 Å². The number of carboxylic acids is 1. The minimum absolute atomic E-state index is 0.0636. The monoisotopic (exact) mass is 446 g/mol. The maximum absolute atomic E-state index is 12.8. The van der Waals surface area contributed by atoms with Crippen LogP contribution in [0, 0.1) is 0 Å². The number of ether oxygens (including phenoxy) is 2. The Labute approximate surface area is 192 Å². The van der Waals surface area contributed by atoms with Crippen molar-refractivity contribution in [2.45, 2.75) is 33.0 Å². The summed E-state index contributed by atoms with van der Waals surface area (Å²) in [6, 6.07) is 22.4. The zero-order valence-corrected chi connectivity index (χ0v) is 18.5. The molecule has 33 heavy (non-hydrogen) atoms. The molecule has 0 aromatic heterocycles. The Morgan fingerprint density at radius 1 is 0.818 bits per heavy atom. The molecule has 0 radical (unpaired) electrons. The molecule has 170 valence electrons. The zero-order valence-electron chi connectivity index (χ0n) is 18.5. The second-order valence-corrected chi connectivity index (χ2v) is 7.76. The van der Waals surface area contributed by atoms with Crippen LogP contribution in [0.25, 0.3) is 0 Å². The maximum atomic E-state index is 12.8. The summed E-state index contributed by atoms with van der Waals surface area (Å²) < 4.78 is 12.2. The molecule has 0 spiro atoms. The second-order valence-electron chi connectivity index (χ2n) is 7.76. The molecule has 0 saturated heterocycles. The summed E-state index contributed by atoms with van der Waals surface area (Å²) in [5, 5.41) is 18.5. The molecule has 0 atom stereocenters. The number of ketones is 1. The number of rotatable bonds is 10. The van der Waals surface area contributed by atoms with Gasteiger partial charge in [-0.25, -0.2) is 4.79 Å². The SMILES string of the molecule is CC(C)c1c(OCc2ccccc2)ccc(C(=O)/C=C(\O)C(=O)O)c1OCc1ccccc1. The van der Waals surface area contributed by atoms with Gasteiger partial charge in [-0.1, -0.05) is 74.5 Å². The van der Waals surface area contributed by atoms with Crippen molar-refractivity contribution in [2.75, 3.05) is 0 Å². The van der Waals surface area contributed by atoms with Crippen LogP contribution >= 0.6 is 0 Å². The van der Waals surface area contributed by atoms with Gasteiger partial charge in [0, 0.05) is 11.6 Å². The third kappa shape index (κ3) is 6.23. The topological polar surface area (TPSA) is 93.1 Å². The number of allylic oxidation sites excluding steroid dienone is 1. The fourth-order valence-corrected chi connectivity index (χ4v) is 3.33. The van der Waals surface area contributed by atoms with Crippen LogP contribution in [-0.2, 0) is 18.0 Å². The Morgan fingerprint density at radius 2 is 1.36 bits per heavy atom. The summed E-state index contributed by atoms with van der Waals surface area (Å²) in [7, 11) is 0. The van der Waals surface area contributed by atoms with E-state index in [4.69, 9.17) is 14.6 Å². The van der Waals surface area contributed by atoms with Crippen LogP contribution in [0.4, 0.5) is 0 Å². The van der Waals surface area contributed by atoms with Gasteiger partial charge in [0.25, 0.3) is 0 Å². The first-order valence-electron chi connectivity index (χ1n) is 10.6. The molecule has 0 amide bonds. The molecule has 0 aliphatic heterocycles. The van der Waals surface area contributed by atoms with Crippen LogP contribution < -0.4 is 9.47 Å². The highest BCUT2D eigenvalue weighted by atomic mass is 16.5. The van der Waals surface area contributed by atoms with Crippen molar-refractivity contribution >= 4 is 11.8 Å².